The Labute approximate surface area is 229 Å². The van der Waals surface area contributed by atoms with Crippen LogP contribution in [0.1, 0.15) is 35.6 Å². The number of benzene rings is 2. The molecule has 5 nitrogen and oxygen atoms in total. The molecular formula is C25H20Cl2F3N3O2S2. The molecule has 2 aromatic heterocycles. The van der Waals surface area contributed by atoms with Crippen LogP contribution in [0.3, 0.4) is 0 Å². The number of thiazole rings is 1. The van der Waals surface area contributed by atoms with Crippen LogP contribution in [0, 0.1) is 6.92 Å². The molecule has 0 aliphatic heterocycles. The van der Waals surface area contributed by atoms with E-state index in [0.29, 0.717) is 32.9 Å². The van der Waals surface area contributed by atoms with Crippen molar-refractivity contribution in [1.82, 2.24) is 14.8 Å². The molecule has 0 saturated carbocycles. The third-order valence-electron chi connectivity index (χ3n) is 5.27. The average Bonchev–Trinajstić information content (AvgIpc) is 3.39. The molecule has 0 aliphatic carbocycles. The van der Waals surface area contributed by atoms with Crippen LogP contribution in [0.5, 0.6) is 5.75 Å². The Bertz CT molecular complexity index is 1480. The van der Waals surface area contributed by atoms with E-state index in [0.717, 1.165) is 21.9 Å². The summed E-state index contributed by atoms with van der Waals surface area (Å²) in [5.74, 6) is 0.0144. The molecular weight excluding hydrogens is 566 g/mol. The quantitative estimate of drug-likeness (QED) is 0.160. The molecule has 0 aliphatic rings. The molecule has 194 valence electrons. The summed E-state index contributed by atoms with van der Waals surface area (Å²) in [7, 11) is 1.28. The predicted molar refractivity (Wildman–Crippen MR) is 143 cm³/mol. The SMILES string of the molecule is COc1cc(-c2c(C)nn(-c3nc(-c4ccc(Cl)c(Cl)c4)c(SC(C)C)s3)c2C=O)cc(C(F)(F)F)c1. The van der Waals surface area contributed by atoms with Crippen LogP contribution in [0.4, 0.5) is 13.2 Å². The largest absolute Gasteiger partial charge is 0.497 e. The Kier molecular flexibility index (Phi) is 7.94. The standard InChI is InChI=1S/C25H20Cl2F3N3O2S2/c1-12(2)36-23-22(14-5-6-18(26)19(27)9-14)31-24(37-23)33-20(11-34)21(13(3)32-33)15-7-16(25(28,29)30)10-17(8-15)35-4/h5-12H,1-4H3. The molecule has 0 spiro atoms. The summed E-state index contributed by atoms with van der Waals surface area (Å²) in [6, 6.07) is 8.52. The van der Waals surface area contributed by atoms with Gasteiger partial charge in [-0.15, -0.1) is 11.8 Å². The molecule has 0 atom stereocenters. The highest BCUT2D eigenvalue weighted by Crippen LogP contribution is 2.42. The molecule has 0 saturated heterocycles. The predicted octanol–water partition coefficient (Wildman–Crippen LogP) is 8.62. The number of aryl methyl sites for hydroxylation is 1. The van der Waals surface area contributed by atoms with Gasteiger partial charge in [-0.1, -0.05) is 54.5 Å². The van der Waals surface area contributed by atoms with Crippen LogP contribution in [0.15, 0.2) is 40.6 Å². The molecule has 0 bridgehead atoms. The second-order valence-electron chi connectivity index (χ2n) is 8.25. The molecule has 2 heterocycles. The molecule has 12 heteroatoms. The number of nitrogens with zero attached hydrogens (tertiary/aromatic N) is 3. The first-order valence-corrected chi connectivity index (χ1v) is 13.3. The van der Waals surface area contributed by atoms with Gasteiger partial charge in [-0.2, -0.15) is 18.3 Å². The number of methoxy groups -OCH3 is 1. The van der Waals surface area contributed by atoms with Crippen molar-refractivity contribution >= 4 is 52.6 Å². The minimum Gasteiger partial charge on any atom is -0.497 e. The number of thioether (sulfide) groups is 1. The van der Waals surface area contributed by atoms with Crippen LogP contribution < -0.4 is 4.74 Å². The Morgan fingerprint density at radius 2 is 1.84 bits per heavy atom. The Balaban J connectivity index is 1.91. The van der Waals surface area contributed by atoms with Gasteiger partial charge in [0.2, 0.25) is 5.13 Å². The number of halogens is 5. The summed E-state index contributed by atoms with van der Waals surface area (Å²) in [6.45, 7) is 5.70. The zero-order chi connectivity index (χ0) is 27.1. The Hall–Kier alpha value is -2.53. The summed E-state index contributed by atoms with van der Waals surface area (Å²) in [6.07, 6.45) is -4.03. The number of carbonyl (C=O) groups excluding carboxylic acids is 1. The third-order valence-corrected chi connectivity index (χ3v) is 8.25. The van der Waals surface area contributed by atoms with E-state index < -0.39 is 11.7 Å². The van der Waals surface area contributed by atoms with Crippen molar-refractivity contribution in [3.63, 3.8) is 0 Å². The lowest BCUT2D eigenvalue weighted by atomic mass is 10.0. The highest BCUT2D eigenvalue weighted by molar-refractivity contribution is 8.01. The van der Waals surface area contributed by atoms with Crippen molar-refractivity contribution in [3.8, 4) is 33.3 Å². The fourth-order valence-electron chi connectivity index (χ4n) is 3.69. The van der Waals surface area contributed by atoms with Crippen molar-refractivity contribution in [2.75, 3.05) is 7.11 Å². The number of aldehydes is 1. The molecule has 0 N–H and O–H groups in total. The fraction of sp³-hybridized carbons (Fsp3) is 0.240. The van der Waals surface area contributed by atoms with E-state index in [4.69, 9.17) is 32.9 Å². The minimum atomic E-state index is -4.60. The van der Waals surface area contributed by atoms with E-state index in [-0.39, 0.29) is 27.8 Å². The van der Waals surface area contributed by atoms with Gasteiger partial charge in [0.1, 0.15) is 11.4 Å². The van der Waals surface area contributed by atoms with Crippen molar-refractivity contribution in [3.05, 3.63) is 63.4 Å². The molecule has 0 unspecified atom stereocenters. The number of hydrogen-bond donors (Lipinski definition) is 0. The zero-order valence-corrected chi connectivity index (χ0v) is 23.1. The first kappa shape index (κ1) is 27.5. The fourth-order valence-corrected chi connectivity index (χ4v) is 6.47. The van der Waals surface area contributed by atoms with E-state index in [9.17, 15) is 18.0 Å². The highest BCUT2D eigenvalue weighted by Gasteiger charge is 2.32. The number of ether oxygens (including phenoxy) is 1. The maximum absolute atomic E-state index is 13.5. The van der Waals surface area contributed by atoms with E-state index in [1.165, 1.54) is 29.2 Å². The number of alkyl halides is 3. The molecule has 4 aromatic rings. The maximum Gasteiger partial charge on any atom is 0.416 e. The third kappa shape index (κ3) is 5.67. The van der Waals surface area contributed by atoms with Crippen molar-refractivity contribution in [2.45, 2.75) is 36.4 Å². The van der Waals surface area contributed by atoms with Crippen molar-refractivity contribution in [2.24, 2.45) is 0 Å². The van der Waals surface area contributed by atoms with E-state index in [2.05, 4.69) is 5.10 Å². The highest BCUT2D eigenvalue weighted by atomic mass is 35.5. The molecule has 0 amide bonds. The van der Waals surface area contributed by atoms with E-state index in [1.807, 2.05) is 13.8 Å². The first-order valence-electron chi connectivity index (χ1n) is 10.9. The Morgan fingerprint density at radius 1 is 1.11 bits per heavy atom. The van der Waals surface area contributed by atoms with Gasteiger partial charge in [0.25, 0.3) is 0 Å². The lowest BCUT2D eigenvalue weighted by Gasteiger charge is -2.12. The first-order chi connectivity index (χ1) is 17.4. The lowest BCUT2D eigenvalue weighted by molar-refractivity contribution is -0.137. The molecule has 0 fully saturated rings. The van der Waals surface area contributed by atoms with Crippen LogP contribution in [0.2, 0.25) is 10.0 Å². The number of carbonyl (C=O) groups is 1. The summed E-state index contributed by atoms with van der Waals surface area (Å²) >= 11 is 15.2. The van der Waals surface area contributed by atoms with Crippen LogP contribution in [0.25, 0.3) is 27.5 Å². The van der Waals surface area contributed by atoms with Gasteiger partial charge in [0, 0.05) is 16.4 Å². The second-order valence-corrected chi connectivity index (χ2v) is 11.9. The minimum absolute atomic E-state index is 0.0144. The van der Waals surface area contributed by atoms with Gasteiger partial charge in [0.05, 0.1) is 38.3 Å². The maximum atomic E-state index is 13.5. The monoisotopic (exact) mass is 585 g/mol. The van der Waals surface area contributed by atoms with Gasteiger partial charge in [-0.3, -0.25) is 4.79 Å². The molecule has 4 rings (SSSR count). The molecule has 2 aromatic carbocycles. The lowest BCUT2D eigenvalue weighted by Crippen LogP contribution is -2.06. The van der Waals surface area contributed by atoms with Crippen LogP contribution >= 0.6 is 46.3 Å². The average molecular weight is 586 g/mol. The van der Waals surface area contributed by atoms with Crippen molar-refractivity contribution < 1.29 is 22.7 Å². The van der Waals surface area contributed by atoms with Crippen molar-refractivity contribution in [1.29, 1.82) is 0 Å². The Morgan fingerprint density at radius 3 is 2.43 bits per heavy atom. The van der Waals surface area contributed by atoms with E-state index in [1.54, 1.807) is 36.9 Å². The molecule has 0 radical (unpaired) electrons. The number of aromatic nitrogens is 3. The summed E-state index contributed by atoms with van der Waals surface area (Å²) in [5, 5.41) is 5.89. The van der Waals surface area contributed by atoms with Gasteiger partial charge >= 0.3 is 6.18 Å². The zero-order valence-electron chi connectivity index (χ0n) is 20.0. The van der Waals surface area contributed by atoms with Gasteiger partial charge < -0.3 is 4.74 Å². The van der Waals surface area contributed by atoms with Crippen LogP contribution in [-0.2, 0) is 6.18 Å². The second kappa shape index (κ2) is 10.7. The smallest absolute Gasteiger partial charge is 0.416 e. The topological polar surface area (TPSA) is 57.0 Å². The van der Waals surface area contributed by atoms with Gasteiger partial charge in [0.15, 0.2) is 6.29 Å². The van der Waals surface area contributed by atoms with Crippen LogP contribution in [-0.4, -0.2) is 33.4 Å². The van der Waals surface area contributed by atoms with Gasteiger partial charge in [-0.25, -0.2) is 9.67 Å². The summed E-state index contributed by atoms with van der Waals surface area (Å²) < 4.78 is 48.0. The van der Waals surface area contributed by atoms with Gasteiger partial charge in [-0.05, 0) is 42.8 Å². The number of hydrogen-bond acceptors (Lipinski definition) is 6. The summed E-state index contributed by atoms with van der Waals surface area (Å²) in [4.78, 5) is 17.0. The molecule has 37 heavy (non-hydrogen) atoms. The number of rotatable bonds is 7. The van der Waals surface area contributed by atoms with E-state index >= 15 is 0 Å². The normalized spacial score (nSPS) is 11.8. The summed E-state index contributed by atoms with van der Waals surface area (Å²) in [5.41, 5.74) is 1.36.